The lowest BCUT2D eigenvalue weighted by Crippen LogP contribution is -2.18. The number of aryl methyl sites for hydroxylation is 1. The van der Waals surface area contributed by atoms with Crippen molar-refractivity contribution in [1.82, 2.24) is 14.8 Å². The highest BCUT2D eigenvalue weighted by Crippen LogP contribution is 2.38. The van der Waals surface area contributed by atoms with Gasteiger partial charge in [-0.1, -0.05) is 11.8 Å². The maximum Gasteiger partial charge on any atom is 0.341 e. The second-order valence-corrected chi connectivity index (χ2v) is 10.3. The summed E-state index contributed by atoms with van der Waals surface area (Å²) in [5.41, 5.74) is 1.52. The van der Waals surface area contributed by atoms with Gasteiger partial charge >= 0.3 is 5.97 Å². The molecule has 0 spiro atoms. The minimum Gasteiger partial charge on any atom is -0.465 e. The summed E-state index contributed by atoms with van der Waals surface area (Å²) in [5.74, 6) is 0.753. The van der Waals surface area contributed by atoms with Crippen molar-refractivity contribution in [1.29, 1.82) is 0 Å². The number of aromatic nitrogens is 3. The van der Waals surface area contributed by atoms with Gasteiger partial charge in [0.2, 0.25) is 11.7 Å². The lowest BCUT2D eigenvalue weighted by atomic mass is 9.95. The van der Waals surface area contributed by atoms with E-state index in [2.05, 4.69) is 15.5 Å². The van der Waals surface area contributed by atoms with Crippen LogP contribution in [0, 0.1) is 0 Å². The number of rotatable bonds is 8. The SMILES string of the molecule is COC(=O)c1c(NC(=O)CSc2nnc(-c3ccco3)n2CC2CCCO2)sc2c1CCCC2. The first-order valence-corrected chi connectivity index (χ1v) is 13.2. The number of nitrogens with zero attached hydrogens (tertiary/aromatic N) is 3. The maximum absolute atomic E-state index is 12.9. The van der Waals surface area contributed by atoms with Crippen LogP contribution in [0.5, 0.6) is 0 Å². The van der Waals surface area contributed by atoms with Gasteiger partial charge in [0.25, 0.3) is 0 Å². The highest BCUT2D eigenvalue weighted by Gasteiger charge is 2.27. The molecule has 9 nitrogen and oxygen atoms in total. The molecule has 4 heterocycles. The van der Waals surface area contributed by atoms with E-state index in [9.17, 15) is 9.59 Å². The average molecular weight is 503 g/mol. The van der Waals surface area contributed by atoms with Crippen molar-refractivity contribution >= 4 is 40.0 Å². The van der Waals surface area contributed by atoms with Gasteiger partial charge in [-0.3, -0.25) is 9.36 Å². The van der Waals surface area contributed by atoms with Gasteiger partial charge in [0.1, 0.15) is 5.00 Å². The van der Waals surface area contributed by atoms with Crippen LogP contribution in [-0.4, -0.2) is 52.2 Å². The number of esters is 1. The Bertz CT molecular complexity index is 1160. The molecule has 34 heavy (non-hydrogen) atoms. The summed E-state index contributed by atoms with van der Waals surface area (Å²) in [6, 6.07) is 3.64. The molecule has 5 rings (SSSR count). The van der Waals surface area contributed by atoms with Crippen molar-refractivity contribution in [2.24, 2.45) is 0 Å². The van der Waals surface area contributed by atoms with Gasteiger partial charge in [0, 0.05) is 11.5 Å². The van der Waals surface area contributed by atoms with Crippen LogP contribution in [0.15, 0.2) is 28.0 Å². The molecule has 1 amide bonds. The normalized spacial score (nSPS) is 17.5. The summed E-state index contributed by atoms with van der Waals surface area (Å²) < 4.78 is 18.3. The fraction of sp³-hybridized carbons (Fsp3) is 0.478. The molecule has 1 unspecified atom stereocenters. The standard InChI is InChI=1S/C23H26N4O5S2/c1-30-22(29)19-15-7-2-3-9-17(15)34-21(19)24-18(28)13-33-23-26-25-20(16-8-5-11-32-16)27(23)12-14-6-4-10-31-14/h5,8,11,14H,2-4,6-7,9-10,12-13H2,1H3,(H,24,28). The van der Waals surface area contributed by atoms with Crippen molar-refractivity contribution in [2.75, 3.05) is 24.8 Å². The van der Waals surface area contributed by atoms with Crippen LogP contribution in [0.1, 0.15) is 46.5 Å². The Hall–Kier alpha value is -2.63. The van der Waals surface area contributed by atoms with Crippen molar-refractivity contribution in [3.8, 4) is 11.6 Å². The number of fused-ring (bicyclic) bond motifs is 1. The Morgan fingerprint density at radius 2 is 2.18 bits per heavy atom. The molecular weight excluding hydrogens is 476 g/mol. The van der Waals surface area contributed by atoms with E-state index < -0.39 is 5.97 Å². The Morgan fingerprint density at radius 3 is 2.94 bits per heavy atom. The van der Waals surface area contributed by atoms with Crippen molar-refractivity contribution < 1.29 is 23.5 Å². The summed E-state index contributed by atoms with van der Waals surface area (Å²) in [4.78, 5) is 26.5. The molecule has 0 aromatic carbocycles. The first-order valence-electron chi connectivity index (χ1n) is 11.4. The minimum atomic E-state index is -0.401. The highest BCUT2D eigenvalue weighted by molar-refractivity contribution is 7.99. The van der Waals surface area contributed by atoms with Gasteiger partial charge in [-0.15, -0.1) is 21.5 Å². The van der Waals surface area contributed by atoms with E-state index in [4.69, 9.17) is 13.9 Å². The molecule has 1 atom stereocenters. The molecule has 0 saturated carbocycles. The molecule has 11 heteroatoms. The van der Waals surface area contributed by atoms with Crippen LogP contribution in [0.2, 0.25) is 0 Å². The summed E-state index contributed by atoms with van der Waals surface area (Å²) in [6.07, 6.45) is 7.57. The number of thioether (sulfide) groups is 1. The number of thiophene rings is 1. The van der Waals surface area contributed by atoms with E-state index in [1.807, 2.05) is 10.6 Å². The second kappa shape index (κ2) is 10.3. The Morgan fingerprint density at radius 1 is 1.29 bits per heavy atom. The van der Waals surface area contributed by atoms with E-state index in [0.717, 1.165) is 55.6 Å². The average Bonchev–Trinajstić information content (AvgIpc) is 3.64. The third kappa shape index (κ3) is 4.77. The molecule has 0 bridgehead atoms. The zero-order valence-electron chi connectivity index (χ0n) is 18.9. The number of amides is 1. The van der Waals surface area contributed by atoms with E-state index in [-0.39, 0.29) is 17.8 Å². The first-order chi connectivity index (χ1) is 16.6. The highest BCUT2D eigenvalue weighted by atomic mass is 32.2. The van der Waals surface area contributed by atoms with Gasteiger partial charge in [0.15, 0.2) is 10.9 Å². The number of carbonyl (C=O) groups is 2. The fourth-order valence-electron chi connectivity index (χ4n) is 4.40. The Labute approximate surface area is 205 Å². The smallest absolute Gasteiger partial charge is 0.341 e. The van der Waals surface area contributed by atoms with Crippen molar-refractivity contribution in [3.63, 3.8) is 0 Å². The largest absolute Gasteiger partial charge is 0.465 e. The molecule has 1 aliphatic heterocycles. The molecule has 0 radical (unpaired) electrons. The third-order valence-electron chi connectivity index (χ3n) is 6.01. The lowest BCUT2D eigenvalue weighted by Gasteiger charge is -2.14. The molecule has 3 aromatic rings. The quantitative estimate of drug-likeness (QED) is 0.361. The van der Waals surface area contributed by atoms with E-state index in [0.29, 0.717) is 33.9 Å². The molecule has 1 saturated heterocycles. The molecule has 3 aromatic heterocycles. The fourth-order valence-corrected chi connectivity index (χ4v) is 6.45. The van der Waals surface area contributed by atoms with Crippen LogP contribution in [0.4, 0.5) is 5.00 Å². The van der Waals surface area contributed by atoms with Crippen molar-refractivity contribution in [2.45, 2.75) is 56.3 Å². The van der Waals surface area contributed by atoms with Gasteiger partial charge in [-0.25, -0.2) is 4.79 Å². The predicted molar refractivity (Wildman–Crippen MR) is 128 cm³/mol. The molecule has 1 aliphatic carbocycles. The van der Waals surface area contributed by atoms with Crippen LogP contribution < -0.4 is 5.32 Å². The second-order valence-electron chi connectivity index (χ2n) is 8.27. The predicted octanol–water partition coefficient (Wildman–Crippen LogP) is 4.17. The van der Waals surface area contributed by atoms with Gasteiger partial charge < -0.3 is 19.2 Å². The van der Waals surface area contributed by atoms with Crippen molar-refractivity contribution in [3.05, 3.63) is 34.4 Å². The van der Waals surface area contributed by atoms with Crippen LogP contribution in [0.25, 0.3) is 11.6 Å². The lowest BCUT2D eigenvalue weighted by molar-refractivity contribution is -0.113. The molecule has 1 N–H and O–H groups in total. The number of methoxy groups -OCH3 is 1. The summed E-state index contributed by atoms with van der Waals surface area (Å²) >= 11 is 2.78. The zero-order chi connectivity index (χ0) is 23.5. The van der Waals surface area contributed by atoms with Gasteiger partial charge in [-0.05, 0) is 56.2 Å². The molecule has 2 aliphatic rings. The van der Waals surface area contributed by atoms with E-state index >= 15 is 0 Å². The Kier molecular flexibility index (Phi) is 7.02. The maximum atomic E-state index is 12.9. The molecular formula is C23H26N4O5S2. The summed E-state index contributed by atoms with van der Waals surface area (Å²) in [7, 11) is 1.37. The van der Waals surface area contributed by atoms with Crippen LogP contribution >= 0.6 is 23.1 Å². The topological polar surface area (TPSA) is 108 Å². The number of furan rings is 1. The number of ether oxygens (including phenoxy) is 2. The van der Waals surface area contributed by atoms with Crippen LogP contribution in [0.3, 0.4) is 0 Å². The van der Waals surface area contributed by atoms with Crippen LogP contribution in [-0.2, 0) is 33.7 Å². The summed E-state index contributed by atoms with van der Waals surface area (Å²) in [5, 5.41) is 12.8. The number of nitrogens with one attached hydrogen (secondary N) is 1. The number of carbonyl (C=O) groups excluding carboxylic acids is 2. The molecule has 1 fully saturated rings. The first kappa shape index (κ1) is 23.1. The monoisotopic (exact) mass is 502 g/mol. The Balaban J connectivity index is 1.31. The number of anilines is 1. The van der Waals surface area contributed by atoms with E-state index in [1.54, 1.807) is 12.3 Å². The number of hydrogen-bond acceptors (Lipinski definition) is 9. The van der Waals surface area contributed by atoms with E-state index in [1.165, 1.54) is 30.2 Å². The van der Waals surface area contributed by atoms with Gasteiger partial charge in [0.05, 0.1) is 37.3 Å². The minimum absolute atomic E-state index is 0.0814. The zero-order valence-corrected chi connectivity index (χ0v) is 20.5. The third-order valence-corrected chi connectivity index (χ3v) is 8.19. The number of hydrogen-bond donors (Lipinski definition) is 1. The molecule has 180 valence electrons. The van der Waals surface area contributed by atoms with Gasteiger partial charge in [-0.2, -0.15) is 0 Å². The summed E-state index contributed by atoms with van der Waals surface area (Å²) in [6.45, 7) is 1.35.